The predicted octanol–water partition coefficient (Wildman–Crippen LogP) is 3.32. The summed E-state index contributed by atoms with van der Waals surface area (Å²) in [5.41, 5.74) is 1.78. The molecule has 20 heavy (non-hydrogen) atoms. The maximum absolute atomic E-state index is 11.9. The molecule has 1 atom stereocenters. The van der Waals surface area contributed by atoms with Crippen molar-refractivity contribution in [2.24, 2.45) is 5.92 Å². The number of aromatic nitrogens is 2. The summed E-state index contributed by atoms with van der Waals surface area (Å²) in [5, 5.41) is 7.83. The summed E-state index contributed by atoms with van der Waals surface area (Å²) in [4.78, 5) is 13.6. The predicted molar refractivity (Wildman–Crippen MR) is 80.2 cm³/mol. The van der Waals surface area contributed by atoms with Crippen molar-refractivity contribution in [2.75, 3.05) is 17.3 Å². The first kappa shape index (κ1) is 13.5. The van der Waals surface area contributed by atoms with Crippen molar-refractivity contribution in [3.8, 4) is 11.3 Å². The molecule has 0 spiro atoms. The van der Waals surface area contributed by atoms with Gasteiger partial charge >= 0.3 is 0 Å². The molecule has 0 saturated carbocycles. The molecule has 1 aromatic carbocycles. The largest absolute Gasteiger partial charge is 0.295 e. The Morgan fingerprint density at radius 1 is 1.40 bits per heavy atom. The van der Waals surface area contributed by atoms with Gasteiger partial charge in [-0.15, -0.1) is 11.6 Å². The maximum Gasteiger partial charge on any atom is 0.228 e. The van der Waals surface area contributed by atoms with Gasteiger partial charge in [-0.25, -0.2) is 0 Å². The number of nitrogens with one attached hydrogen (secondary N) is 1. The topological polar surface area (TPSA) is 49.0 Å². The first-order chi connectivity index (χ1) is 9.67. The molecule has 1 amide bonds. The Morgan fingerprint density at radius 2 is 2.25 bits per heavy atom. The molecule has 1 aliphatic heterocycles. The fraction of sp³-hybridized carbons (Fsp3) is 0.286. The lowest BCUT2D eigenvalue weighted by molar-refractivity contribution is -0.117. The highest BCUT2D eigenvalue weighted by Crippen LogP contribution is 2.28. The summed E-state index contributed by atoms with van der Waals surface area (Å²) < 4.78 is 0. The van der Waals surface area contributed by atoms with Gasteiger partial charge in [0.05, 0.1) is 5.69 Å². The number of aromatic amines is 1. The Hall–Kier alpha value is -1.52. The van der Waals surface area contributed by atoms with Gasteiger partial charge in [-0.2, -0.15) is 5.10 Å². The zero-order valence-corrected chi connectivity index (χ0v) is 12.2. The van der Waals surface area contributed by atoms with Gasteiger partial charge in [-0.05, 0) is 18.1 Å². The third-order valence-electron chi connectivity index (χ3n) is 3.40. The molecule has 1 N–H and O–H groups in total. The molecule has 2 heterocycles. The van der Waals surface area contributed by atoms with Gasteiger partial charge in [0.1, 0.15) is 0 Å². The minimum absolute atomic E-state index is 0.0693. The molecule has 1 unspecified atom stereocenters. The van der Waals surface area contributed by atoms with Gasteiger partial charge in [-0.3, -0.25) is 14.8 Å². The Morgan fingerprint density at radius 3 is 2.95 bits per heavy atom. The average Bonchev–Trinajstić information content (AvgIpc) is 3.05. The second kappa shape index (κ2) is 5.46. The highest BCUT2D eigenvalue weighted by atomic mass is 35.5. The molecule has 1 fully saturated rings. The zero-order chi connectivity index (χ0) is 14.1. The van der Waals surface area contributed by atoms with Crippen LogP contribution in [0.1, 0.15) is 6.42 Å². The van der Waals surface area contributed by atoms with E-state index in [-0.39, 0.29) is 11.8 Å². The number of hydrogen-bond acceptors (Lipinski definition) is 2. The number of alkyl halides is 1. The summed E-state index contributed by atoms with van der Waals surface area (Å²) in [7, 11) is 0. The van der Waals surface area contributed by atoms with E-state index < -0.39 is 0 Å². The third-order valence-corrected chi connectivity index (χ3v) is 4.07. The quantitative estimate of drug-likeness (QED) is 0.884. The van der Waals surface area contributed by atoms with Crippen LogP contribution in [-0.2, 0) is 4.79 Å². The number of halogens is 2. The normalized spacial score (nSPS) is 18.8. The van der Waals surface area contributed by atoms with E-state index in [4.69, 9.17) is 23.2 Å². The third kappa shape index (κ3) is 2.53. The first-order valence-corrected chi connectivity index (χ1v) is 7.26. The molecular weight excluding hydrogens is 297 g/mol. The van der Waals surface area contributed by atoms with Crippen molar-refractivity contribution in [3.05, 3.63) is 35.4 Å². The second-order valence-electron chi connectivity index (χ2n) is 4.88. The molecule has 104 valence electrons. The summed E-state index contributed by atoms with van der Waals surface area (Å²) in [5.74, 6) is 1.40. The molecule has 1 aromatic heterocycles. The lowest BCUT2D eigenvalue weighted by Crippen LogP contribution is -2.24. The van der Waals surface area contributed by atoms with E-state index in [1.807, 2.05) is 30.3 Å². The number of amides is 1. The van der Waals surface area contributed by atoms with Crippen molar-refractivity contribution < 1.29 is 4.79 Å². The van der Waals surface area contributed by atoms with Crippen LogP contribution in [0.25, 0.3) is 11.3 Å². The summed E-state index contributed by atoms with van der Waals surface area (Å²) in [6, 6.07) is 9.35. The molecule has 1 saturated heterocycles. The van der Waals surface area contributed by atoms with E-state index in [2.05, 4.69) is 10.2 Å². The Labute approximate surface area is 126 Å². The van der Waals surface area contributed by atoms with Gasteiger partial charge in [-0.1, -0.05) is 23.7 Å². The highest BCUT2D eigenvalue weighted by molar-refractivity contribution is 6.30. The van der Waals surface area contributed by atoms with E-state index in [1.54, 1.807) is 4.90 Å². The summed E-state index contributed by atoms with van der Waals surface area (Å²) in [6.07, 6.45) is 0.489. The number of H-pyrrole nitrogens is 1. The second-order valence-corrected chi connectivity index (χ2v) is 5.62. The molecule has 3 rings (SSSR count). The minimum Gasteiger partial charge on any atom is -0.295 e. The number of benzene rings is 1. The van der Waals surface area contributed by atoms with Gasteiger partial charge in [0.25, 0.3) is 0 Å². The standard InChI is InChI=1S/C14H13Cl2N3O/c15-7-9-4-14(20)19(8-9)13-6-12(17-18-13)10-2-1-3-11(16)5-10/h1-3,5-6,9H,4,7-8H2,(H,17,18). The lowest BCUT2D eigenvalue weighted by Gasteiger charge is -2.11. The van der Waals surface area contributed by atoms with Crippen LogP contribution in [0, 0.1) is 5.92 Å². The number of hydrogen-bond donors (Lipinski definition) is 1. The Balaban J connectivity index is 1.86. The van der Waals surface area contributed by atoms with Crippen LogP contribution in [0.2, 0.25) is 5.02 Å². The van der Waals surface area contributed by atoms with Crippen molar-refractivity contribution in [3.63, 3.8) is 0 Å². The fourth-order valence-corrected chi connectivity index (χ4v) is 2.76. The minimum atomic E-state index is 0.0693. The fourth-order valence-electron chi connectivity index (χ4n) is 2.36. The van der Waals surface area contributed by atoms with Gasteiger partial charge in [0.2, 0.25) is 5.91 Å². The highest BCUT2D eigenvalue weighted by Gasteiger charge is 2.31. The average molecular weight is 310 g/mol. The van der Waals surface area contributed by atoms with Crippen LogP contribution in [-0.4, -0.2) is 28.5 Å². The van der Waals surface area contributed by atoms with E-state index in [0.717, 1.165) is 11.3 Å². The molecule has 4 nitrogen and oxygen atoms in total. The first-order valence-electron chi connectivity index (χ1n) is 6.35. The van der Waals surface area contributed by atoms with E-state index in [1.165, 1.54) is 0 Å². The molecular formula is C14H13Cl2N3O. The molecule has 6 heteroatoms. The van der Waals surface area contributed by atoms with Crippen LogP contribution in [0.5, 0.6) is 0 Å². The van der Waals surface area contributed by atoms with Crippen molar-refractivity contribution in [2.45, 2.75) is 6.42 Å². The van der Waals surface area contributed by atoms with Crippen LogP contribution < -0.4 is 4.90 Å². The number of nitrogens with zero attached hydrogens (tertiary/aromatic N) is 2. The van der Waals surface area contributed by atoms with Gasteiger partial charge in [0.15, 0.2) is 5.82 Å². The van der Waals surface area contributed by atoms with Gasteiger partial charge in [0, 0.05) is 35.5 Å². The van der Waals surface area contributed by atoms with Crippen molar-refractivity contribution in [1.82, 2.24) is 10.2 Å². The smallest absolute Gasteiger partial charge is 0.228 e. The zero-order valence-electron chi connectivity index (χ0n) is 10.6. The van der Waals surface area contributed by atoms with E-state index >= 15 is 0 Å². The monoisotopic (exact) mass is 309 g/mol. The molecule has 0 aliphatic carbocycles. The van der Waals surface area contributed by atoms with Crippen molar-refractivity contribution >= 4 is 34.9 Å². The van der Waals surface area contributed by atoms with Crippen LogP contribution in [0.3, 0.4) is 0 Å². The Bertz CT molecular complexity index is 641. The van der Waals surface area contributed by atoms with Crippen LogP contribution >= 0.6 is 23.2 Å². The lowest BCUT2D eigenvalue weighted by atomic mass is 10.1. The number of rotatable bonds is 3. The van der Waals surface area contributed by atoms with Gasteiger partial charge < -0.3 is 0 Å². The maximum atomic E-state index is 11.9. The van der Waals surface area contributed by atoms with Crippen LogP contribution in [0.4, 0.5) is 5.82 Å². The SMILES string of the molecule is O=C1CC(CCl)CN1c1cc(-c2cccc(Cl)c2)[nH]n1. The summed E-state index contributed by atoms with van der Waals surface area (Å²) >= 11 is 11.8. The van der Waals surface area contributed by atoms with E-state index in [0.29, 0.717) is 29.7 Å². The molecule has 0 radical (unpaired) electrons. The molecule has 1 aliphatic rings. The Kier molecular flexibility index (Phi) is 3.68. The number of anilines is 1. The van der Waals surface area contributed by atoms with Crippen molar-refractivity contribution in [1.29, 1.82) is 0 Å². The number of carbonyl (C=O) groups is 1. The molecule has 2 aromatic rings. The van der Waals surface area contributed by atoms with Crippen LogP contribution in [0.15, 0.2) is 30.3 Å². The van der Waals surface area contributed by atoms with E-state index in [9.17, 15) is 4.79 Å². The number of carbonyl (C=O) groups excluding carboxylic acids is 1. The molecule has 0 bridgehead atoms. The summed E-state index contributed by atoms with van der Waals surface area (Å²) in [6.45, 7) is 0.627.